The van der Waals surface area contributed by atoms with E-state index in [9.17, 15) is 0 Å². The quantitative estimate of drug-likeness (QED) is 0.546. The van der Waals surface area contributed by atoms with E-state index in [-0.39, 0.29) is 0 Å². The first-order chi connectivity index (χ1) is 5.33. The van der Waals surface area contributed by atoms with Crippen molar-refractivity contribution in [2.45, 2.75) is 19.3 Å². The highest BCUT2D eigenvalue weighted by atomic mass is 16.5. The van der Waals surface area contributed by atoms with E-state index < -0.39 is 0 Å². The Labute approximate surface area is 63.6 Å². The molecule has 1 heterocycles. The highest BCUT2D eigenvalue weighted by Gasteiger charge is 2.21. The molecule has 56 valence electrons. The minimum absolute atomic E-state index is 0.375. The molecule has 1 aliphatic rings. The summed E-state index contributed by atoms with van der Waals surface area (Å²) in [7, 11) is 0. The highest BCUT2D eigenvalue weighted by molar-refractivity contribution is 5.37. The van der Waals surface area contributed by atoms with Gasteiger partial charge in [0.2, 0.25) is 0 Å². The number of hydrogen-bond donors (Lipinski definition) is 1. The lowest BCUT2D eigenvalue weighted by molar-refractivity contribution is 0.140. The van der Waals surface area contributed by atoms with Crippen molar-refractivity contribution in [3.8, 4) is 6.07 Å². The maximum Gasteiger partial charge on any atom is 0.169 e. The van der Waals surface area contributed by atoms with Crippen LogP contribution in [0.3, 0.4) is 0 Å². The van der Waals surface area contributed by atoms with Crippen molar-refractivity contribution in [1.82, 2.24) is 9.94 Å². The van der Waals surface area contributed by atoms with Gasteiger partial charge >= 0.3 is 0 Å². The fourth-order valence-corrected chi connectivity index (χ4v) is 1.51. The first-order valence-electron chi connectivity index (χ1n) is 3.53. The van der Waals surface area contributed by atoms with Crippen LogP contribution in [0.4, 0.5) is 0 Å². The smallest absolute Gasteiger partial charge is 0.169 e. The molecule has 0 amide bonds. The van der Waals surface area contributed by atoms with Gasteiger partial charge in [0, 0.05) is 5.56 Å². The van der Waals surface area contributed by atoms with E-state index in [1.165, 1.54) is 0 Å². The van der Waals surface area contributed by atoms with Crippen molar-refractivity contribution in [3.05, 3.63) is 17.0 Å². The summed E-state index contributed by atoms with van der Waals surface area (Å²) in [5.41, 5.74) is 2.11. The average molecular weight is 149 g/mol. The standard InChI is InChI=1S/C7H7N3O/c8-4-6-5-2-1-3-7(5)10(11)9-6/h11H,1-3H2. The van der Waals surface area contributed by atoms with Gasteiger partial charge < -0.3 is 5.21 Å². The molecule has 0 saturated carbocycles. The van der Waals surface area contributed by atoms with Gasteiger partial charge in [0.1, 0.15) is 6.07 Å². The van der Waals surface area contributed by atoms with Crippen LogP contribution < -0.4 is 0 Å². The van der Waals surface area contributed by atoms with Crippen molar-refractivity contribution < 1.29 is 5.21 Å². The second kappa shape index (κ2) is 1.99. The molecule has 4 heteroatoms. The minimum atomic E-state index is 0.375. The summed E-state index contributed by atoms with van der Waals surface area (Å²) in [6, 6.07) is 1.96. The molecule has 0 atom stereocenters. The Morgan fingerprint density at radius 3 is 3.09 bits per heavy atom. The van der Waals surface area contributed by atoms with Gasteiger partial charge in [0.15, 0.2) is 5.69 Å². The first kappa shape index (κ1) is 6.23. The second-order valence-electron chi connectivity index (χ2n) is 2.63. The van der Waals surface area contributed by atoms with Crippen LogP contribution in [0, 0.1) is 11.3 Å². The molecule has 2 rings (SSSR count). The molecule has 11 heavy (non-hydrogen) atoms. The zero-order chi connectivity index (χ0) is 7.84. The van der Waals surface area contributed by atoms with Gasteiger partial charge in [-0.25, -0.2) is 0 Å². The lowest BCUT2D eigenvalue weighted by Crippen LogP contribution is -1.97. The molecule has 1 N–H and O–H groups in total. The van der Waals surface area contributed by atoms with E-state index >= 15 is 0 Å². The van der Waals surface area contributed by atoms with E-state index in [1.807, 2.05) is 6.07 Å². The van der Waals surface area contributed by atoms with Gasteiger partial charge in [-0.15, -0.1) is 9.94 Å². The molecule has 0 radical (unpaired) electrons. The third kappa shape index (κ3) is 0.709. The molecule has 0 saturated heterocycles. The van der Waals surface area contributed by atoms with Crippen molar-refractivity contribution in [1.29, 1.82) is 5.26 Å². The first-order valence-corrected chi connectivity index (χ1v) is 3.53. The molecule has 0 aliphatic heterocycles. The fourth-order valence-electron chi connectivity index (χ4n) is 1.51. The Bertz CT molecular complexity index is 334. The summed E-state index contributed by atoms with van der Waals surface area (Å²) in [6.45, 7) is 0. The number of aromatic nitrogens is 2. The third-order valence-corrected chi connectivity index (χ3v) is 2.02. The Hall–Kier alpha value is -1.50. The van der Waals surface area contributed by atoms with Crippen LogP contribution in [0.2, 0.25) is 0 Å². The molecule has 4 nitrogen and oxygen atoms in total. The van der Waals surface area contributed by atoms with Crippen LogP contribution in [-0.4, -0.2) is 15.2 Å². The van der Waals surface area contributed by atoms with E-state index in [1.54, 1.807) is 0 Å². The predicted octanol–water partition coefficient (Wildman–Crippen LogP) is 0.481. The highest BCUT2D eigenvalue weighted by Crippen LogP contribution is 2.23. The van der Waals surface area contributed by atoms with E-state index in [2.05, 4.69) is 5.10 Å². The summed E-state index contributed by atoms with van der Waals surface area (Å²) >= 11 is 0. The van der Waals surface area contributed by atoms with Crippen LogP contribution in [0.25, 0.3) is 0 Å². The van der Waals surface area contributed by atoms with Crippen LogP contribution >= 0.6 is 0 Å². The second-order valence-corrected chi connectivity index (χ2v) is 2.63. The summed E-state index contributed by atoms with van der Waals surface area (Å²) in [6.07, 6.45) is 2.72. The SMILES string of the molecule is N#Cc1nn(O)c2c1CCC2. The van der Waals surface area contributed by atoms with E-state index in [0.717, 1.165) is 35.4 Å². The number of nitriles is 1. The molecular weight excluding hydrogens is 142 g/mol. The Kier molecular flexibility index (Phi) is 1.13. The predicted molar refractivity (Wildman–Crippen MR) is 36.2 cm³/mol. The Balaban J connectivity index is 2.63. The average Bonchev–Trinajstić information content (AvgIpc) is 2.54. The molecule has 0 unspecified atom stereocenters. The van der Waals surface area contributed by atoms with Crippen LogP contribution in [-0.2, 0) is 12.8 Å². The molecule has 1 aromatic rings. The molecule has 1 aliphatic carbocycles. The maximum atomic E-state index is 9.14. The molecule has 0 bridgehead atoms. The van der Waals surface area contributed by atoms with Crippen molar-refractivity contribution in [2.24, 2.45) is 0 Å². The van der Waals surface area contributed by atoms with Gasteiger partial charge in [-0.1, -0.05) is 0 Å². The molecule has 1 aromatic heterocycles. The van der Waals surface area contributed by atoms with Gasteiger partial charge in [-0.3, -0.25) is 0 Å². The maximum absolute atomic E-state index is 9.14. The fraction of sp³-hybridized carbons (Fsp3) is 0.429. The third-order valence-electron chi connectivity index (χ3n) is 2.02. The van der Waals surface area contributed by atoms with Crippen LogP contribution in [0.1, 0.15) is 23.4 Å². The van der Waals surface area contributed by atoms with Gasteiger partial charge in [-0.05, 0) is 19.3 Å². The van der Waals surface area contributed by atoms with E-state index in [4.69, 9.17) is 10.5 Å². The van der Waals surface area contributed by atoms with Crippen molar-refractivity contribution in [3.63, 3.8) is 0 Å². The van der Waals surface area contributed by atoms with Crippen molar-refractivity contribution >= 4 is 0 Å². The molecule has 0 fully saturated rings. The Morgan fingerprint density at radius 2 is 2.36 bits per heavy atom. The molecular formula is C7H7N3O. The van der Waals surface area contributed by atoms with Gasteiger partial charge in [0.25, 0.3) is 0 Å². The van der Waals surface area contributed by atoms with E-state index in [0.29, 0.717) is 5.69 Å². The normalized spacial score (nSPS) is 14.5. The number of hydrogen-bond acceptors (Lipinski definition) is 3. The molecule has 0 spiro atoms. The Morgan fingerprint density at radius 1 is 1.55 bits per heavy atom. The topological polar surface area (TPSA) is 61.8 Å². The summed E-state index contributed by atoms with van der Waals surface area (Å²) < 4.78 is 0. The van der Waals surface area contributed by atoms with Crippen molar-refractivity contribution in [2.75, 3.05) is 0 Å². The number of nitrogens with zero attached hydrogens (tertiary/aromatic N) is 3. The van der Waals surface area contributed by atoms with Gasteiger partial charge in [-0.2, -0.15) is 5.26 Å². The summed E-state index contributed by atoms with van der Waals surface area (Å²) in [4.78, 5) is 0.834. The van der Waals surface area contributed by atoms with Gasteiger partial charge in [0.05, 0.1) is 5.69 Å². The zero-order valence-electron chi connectivity index (χ0n) is 5.91. The zero-order valence-corrected chi connectivity index (χ0v) is 5.91. The molecule has 0 aromatic carbocycles. The van der Waals surface area contributed by atoms with Crippen LogP contribution in [0.15, 0.2) is 0 Å². The summed E-state index contributed by atoms with van der Waals surface area (Å²) in [5.74, 6) is 0. The monoisotopic (exact) mass is 149 g/mol. The van der Waals surface area contributed by atoms with Crippen LogP contribution in [0.5, 0.6) is 0 Å². The lowest BCUT2D eigenvalue weighted by Gasteiger charge is -1.90. The number of fused-ring (bicyclic) bond motifs is 1. The largest absolute Gasteiger partial charge is 0.411 e. The minimum Gasteiger partial charge on any atom is -0.411 e. The summed E-state index contributed by atoms with van der Waals surface area (Å²) in [5, 5.41) is 21.4. The number of rotatable bonds is 0. The lowest BCUT2D eigenvalue weighted by atomic mass is 10.2.